The number of nitrogens with one attached hydrogen (secondary N) is 1. The lowest BCUT2D eigenvalue weighted by atomic mass is 10.2. The van der Waals surface area contributed by atoms with Crippen LogP contribution >= 0.6 is 33.9 Å². The van der Waals surface area contributed by atoms with E-state index in [1.165, 1.54) is 11.3 Å². The third-order valence-corrected chi connectivity index (χ3v) is 4.05. The standard InChI is InChI=1S/C12H12IN3OS/c1-7(2)11-15-16-12(18-11)14-10(17)8-4-3-5-9(13)6-8/h3-7H,1-2H3,(H,14,16,17). The zero-order valence-electron chi connectivity index (χ0n) is 9.98. The molecule has 0 aliphatic carbocycles. The smallest absolute Gasteiger partial charge is 0.257 e. The van der Waals surface area contributed by atoms with Crippen LogP contribution in [0.3, 0.4) is 0 Å². The van der Waals surface area contributed by atoms with Crippen molar-refractivity contribution in [2.75, 3.05) is 5.32 Å². The highest BCUT2D eigenvalue weighted by Crippen LogP contribution is 2.22. The number of nitrogens with zero attached hydrogens (tertiary/aromatic N) is 2. The predicted octanol–water partition coefficient (Wildman–Crippen LogP) is 3.52. The maximum atomic E-state index is 12.0. The Morgan fingerprint density at radius 1 is 1.39 bits per heavy atom. The highest BCUT2D eigenvalue weighted by molar-refractivity contribution is 14.1. The molecule has 6 heteroatoms. The molecule has 1 heterocycles. The second-order valence-corrected chi connectivity index (χ2v) is 6.32. The van der Waals surface area contributed by atoms with E-state index in [-0.39, 0.29) is 5.91 Å². The molecule has 4 nitrogen and oxygen atoms in total. The van der Waals surface area contributed by atoms with Crippen molar-refractivity contribution in [1.82, 2.24) is 10.2 Å². The van der Waals surface area contributed by atoms with Crippen molar-refractivity contribution >= 4 is 45.0 Å². The van der Waals surface area contributed by atoms with Gasteiger partial charge in [-0.1, -0.05) is 31.3 Å². The van der Waals surface area contributed by atoms with Gasteiger partial charge in [-0.25, -0.2) is 0 Å². The van der Waals surface area contributed by atoms with Gasteiger partial charge in [-0.3, -0.25) is 10.1 Å². The molecule has 2 rings (SSSR count). The van der Waals surface area contributed by atoms with Gasteiger partial charge in [0.15, 0.2) is 0 Å². The first kappa shape index (κ1) is 13.4. The highest BCUT2D eigenvalue weighted by atomic mass is 127. The molecule has 0 spiro atoms. The molecular weight excluding hydrogens is 361 g/mol. The molecule has 0 fully saturated rings. The van der Waals surface area contributed by atoms with Crippen LogP contribution in [0.4, 0.5) is 5.13 Å². The SMILES string of the molecule is CC(C)c1nnc(NC(=O)c2cccc(I)c2)s1. The van der Waals surface area contributed by atoms with E-state index in [0.717, 1.165) is 8.58 Å². The van der Waals surface area contributed by atoms with Crippen molar-refractivity contribution in [2.45, 2.75) is 19.8 Å². The van der Waals surface area contributed by atoms with Crippen LogP contribution in [0.25, 0.3) is 0 Å². The van der Waals surface area contributed by atoms with Crippen LogP contribution in [-0.4, -0.2) is 16.1 Å². The zero-order chi connectivity index (χ0) is 13.1. The number of carbonyl (C=O) groups excluding carboxylic acids is 1. The lowest BCUT2D eigenvalue weighted by Gasteiger charge is -2.01. The normalized spacial score (nSPS) is 10.7. The molecule has 0 unspecified atom stereocenters. The van der Waals surface area contributed by atoms with E-state index >= 15 is 0 Å². The summed E-state index contributed by atoms with van der Waals surface area (Å²) in [5.41, 5.74) is 0.628. The number of aromatic nitrogens is 2. The first-order valence-corrected chi connectivity index (χ1v) is 7.36. The van der Waals surface area contributed by atoms with E-state index < -0.39 is 0 Å². The van der Waals surface area contributed by atoms with Crippen LogP contribution in [0.5, 0.6) is 0 Å². The van der Waals surface area contributed by atoms with Gasteiger partial charge in [-0.2, -0.15) is 0 Å². The molecule has 94 valence electrons. The fourth-order valence-electron chi connectivity index (χ4n) is 1.32. The third kappa shape index (κ3) is 3.26. The maximum absolute atomic E-state index is 12.0. The summed E-state index contributed by atoms with van der Waals surface area (Å²) in [7, 11) is 0. The molecule has 1 amide bonds. The maximum Gasteiger partial charge on any atom is 0.257 e. The second-order valence-electron chi connectivity index (χ2n) is 4.06. The van der Waals surface area contributed by atoms with Crippen LogP contribution in [0.2, 0.25) is 0 Å². The summed E-state index contributed by atoms with van der Waals surface area (Å²) in [6, 6.07) is 7.41. The summed E-state index contributed by atoms with van der Waals surface area (Å²) < 4.78 is 1.03. The van der Waals surface area contributed by atoms with E-state index in [4.69, 9.17) is 0 Å². The van der Waals surface area contributed by atoms with Crippen molar-refractivity contribution in [3.8, 4) is 0 Å². The van der Waals surface area contributed by atoms with Crippen molar-refractivity contribution in [3.05, 3.63) is 38.4 Å². The third-order valence-electron chi connectivity index (χ3n) is 2.24. The average Bonchev–Trinajstić information content (AvgIpc) is 2.77. The molecule has 0 atom stereocenters. The Kier molecular flexibility index (Phi) is 4.28. The molecule has 0 bridgehead atoms. The second kappa shape index (κ2) is 5.75. The average molecular weight is 373 g/mol. The number of anilines is 1. The Morgan fingerprint density at radius 3 is 2.78 bits per heavy atom. The Morgan fingerprint density at radius 2 is 2.17 bits per heavy atom. The van der Waals surface area contributed by atoms with Gasteiger partial charge in [-0.15, -0.1) is 10.2 Å². The van der Waals surface area contributed by atoms with Gasteiger partial charge in [0, 0.05) is 15.1 Å². The molecule has 1 aromatic heterocycles. The first-order valence-electron chi connectivity index (χ1n) is 5.46. The van der Waals surface area contributed by atoms with E-state index in [1.807, 2.05) is 32.0 Å². The molecule has 1 N–H and O–H groups in total. The molecule has 2 aromatic rings. The van der Waals surface area contributed by atoms with Crippen molar-refractivity contribution in [1.29, 1.82) is 0 Å². The van der Waals surface area contributed by atoms with Crippen molar-refractivity contribution < 1.29 is 4.79 Å². The van der Waals surface area contributed by atoms with E-state index in [9.17, 15) is 4.79 Å². The molecule has 1 aromatic carbocycles. The van der Waals surface area contributed by atoms with Crippen LogP contribution in [0.15, 0.2) is 24.3 Å². The van der Waals surface area contributed by atoms with E-state index in [0.29, 0.717) is 16.6 Å². The van der Waals surface area contributed by atoms with Gasteiger partial charge in [0.25, 0.3) is 5.91 Å². The van der Waals surface area contributed by atoms with E-state index in [2.05, 4.69) is 38.1 Å². The molecule has 0 aliphatic rings. The van der Waals surface area contributed by atoms with Gasteiger partial charge in [0.05, 0.1) is 0 Å². The molecule has 0 radical (unpaired) electrons. The van der Waals surface area contributed by atoms with Crippen LogP contribution in [-0.2, 0) is 0 Å². The lowest BCUT2D eigenvalue weighted by molar-refractivity contribution is 0.102. The fraction of sp³-hybridized carbons (Fsp3) is 0.250. The topological polar surface area (TPSA) is 54.9 Å². The minimum atomic E-state index is -0.153. The van der Waals surface area contributed by atoms with Crippen molar-refractivity contribution in [3.63, 3.8) is 0 Å². The lowest BCUT2D eigenvalue weighted by Crippen LogP contribution is -2.11. The highest BCUT2D eigenvalue weighted by Gasteiger charge is 2.11. The quantitative estimate of drug-likeness (QED) is 0.838. The minimum Gasteiger partial charge on any atom is -0.296 e. The molecule has 18 heavy (non-hydrogen) atoms. The van der Waals surface area contributed by atoms with Gasteiger partial charge < -0.3 is 0 Å². The van der Waals surface area contributed by atoms with Crippen LogP contribution in [0.1, 0.15) is 35.1 Å². The van der Waals surface area contributed by atoms with E-state index in [1.54, 1.807) is 6.07 Å². The summed E-state index contributed by atoms with van der Waals surface area (Å²) >= 11 is 3.59. The van der Waals surface area contributed by atoms with Gasteiger partial charge in [0.1, 0.15) is 5.01 Å². The van der Waals surface area contributed by atoms with Gasteiger partial charge >= 0.3 is 0 Å². The largest absolute Gasteiger partial charge is 0.296 e. The number of halogens is 1. The van der Waals surface area contributed by atoms with Gasteiger partial charge in [-0.05, 0) is 40.8 Å². The van der Waals surface area contributed by atoms with Crippen molar-refractivity contribution in [2.24, 2.45) is 0 Å². The molecule has 0 aliphatic heterocycles. The Labute approximate surface area is 123 Å². The monoisotopic (exact) mass is 373 g/mol. The number of carbonyl (C=O) groups is 1. The summed E-state index contributed by atoms with van der Waals surface area (Å²) in [6.07, 6.45) is 0. The number of hydrogen-bond donors (Lipinski definition) is 1. The number of amides is 1. The Bertz CT molecular complexity index is 568. The van der Waals surface area contributed by atoms with Crippen LogP contribution in [0, 0.1) is 3.57 Å². The Balaban J connectivity index is 2.11. The fourth-order valence-corrected chi connectivity index (χ4v) is 2.60. The molecular formula is C12H12IN3OS. The summed E-state index contributed by atoms with van der Waals surface area (Å²) in [4.78, 5) is 12.0. The first-order chi connectivity index (χ1) is 8.56. The van der Waals surface area contributed by atoms with Gasteiger partial charge in [0.2, 0.25) is 5.13 Å². The summed E-state index contributed by atoms with van der Waals surface area (Å²) in [5.74, 6) is 0.172. The predicted molar refractivity (Wildman–Crippen MR) is 81.1 cm³/mol. The summed E-state index contributed by atoms with van der Waals surface area (Å²) in [6.45, 7) is 4.09. The molecule has 0 saturated heterocycles. The number of benzene rings is 1. The Hall–Kier alpha value is -1.02. The number of hydrogen-bond acceptors (Lipinski definition) is 4. The number of rotatable bonds is 3. The van der Waals surface area contributed by atoms with Crippen LogP contribution < -0.4 is 5.32 Å². The zero-order valence-corrected chi connectivity index (χ0v) is 12.9. The summed E-state index contributed by atoms with van der Waals surface area (Å²) in [5, 5.41) is 12.2. The molecule has 0 saturated carbocycles. The minimum absolute atomic E-state index is 0.153.